The van der Waals surface area contributed by atoms with E-state index in [1.165, 1.54) is 0 Å². The van der Waals surface area contributed by atoms with E-state index in [0.717, 1.165) is 10.5 Å². The standard InChI is InChI=1S/C10H10N2O2/c1-7-4-5-11-8(6-7)12-9(13)2-3-10(12)14/h4-6H,2-3H2,1H3. The highest BCUT2D eigenvalue weighted by molar-refractivity contribution is 6.19. The molecule has 2 amide bonds. The average molecular weight is 190 g/mol. The Morgan fingerprint density at radius 1 is 1.29 bits per heavy atom. The number of carbonyl (C=O) groups is 2. The van der Waals surface area contributed by atoms with Crippen molar-refractivity contribution in [2.24, 2.45) is 0 Å². The van der Waals surface area contributed by atoms with E-state index >= 15 is 0 Å². The summed E-state index contributed by atoms with van der Waals surface area (Å²) in [7, 11) is 0. The lowest BCUT2D eigenvalue weighted by Gasteiger charge is -2.12. The van der Waals surface area contributed by atoms with Gasteiger partial charge in [-0.3, -0.25) is 9.59 Å². The molecule has 0 aromatic carbocycles. The molecule has 1 aliphatic rings. The first-order valence-electron chi connectivity index (χ1n) is 4.47. The summed E-state index contributed by atoms with van der Waals surface area (Å²) < 4.78 is 0. The first-order valence-corrected chi connectivity index (χ1v) is 4.47. The molecular weight excluding hydrogens is 180 g/mol. The topological polar surface area (TPSA) is 50.3 Å². The van der Waals surface area contributed by atoms with E-state index in [1.807, 2.05) is 13.0 Å². The number of aryl methyl sites for hydroxylation is 1. The van der Waals surface area contributed by atoms with Crippen LogP contribution in [0.2, 0.25) is 0 Å². The van der Waals surface area contributed by atoms with Gasteiger partial charge in [0.25, 0.3) is 0 Å². The summed E-state index contributed by atoms with van der Waals surface area (Å²) in [6.07, 6.45) is 2.20. The molecule has 1 aromatic rings. The number of anilines is 1. The molecule has 0 spiro atoms. The van der Waals surface area contributed by atoms with Crippen molar-refractivity contribution in [2.75, 3.05) is 4.90 Å². The fourth-order valence-corrected chi connectivity index (χ4v) is 1.47. The molecule has 0 N–H and O–H groups in total. The van der Waals surface area contributed by atoms with Gasteiger partial charge in [0.05, 0.1) is 0 Å². The molecule has 0 aliphatic carbocycles. The minimum absolute atomic E-state index is 0.159. The van der Waals surface area contributed by atoms with E-state index < -0.39 is 0 Å². The number of nitrogens with zero attached hydrogens (tertiary/aromatic N) is 2. The number of amides is 2. The van der Waals surface area contributed by atoms with Crippen molar-refractivity contribution >= 4 is 17.6 Å². The van der Waals surface area contributed by atoms with Crippen LogP contribution >= 0.6 is 0 Å². The lowest BCUT2D eigenvalue weighted by atomic mass is 10.3. The summed E-state index contributed by atoms with van der Waals surface area (Å²) in [5.41, 5.74) is 0.988. The third-order valence-electron chi connectivity index (χ3n) is 2.18. The molecule has 14 heavy (non-hydrogen) atoms. The van der Waals surface area contributed by atoms with Crippen LogP contribution in [0.5, 0.6) is 0 Å². The molecule has 72 valence electrons. The first-order chi connectivity index (χ1) is 6.68. The number of carbonyl (C=O) groups excluding carboxylic acids is 2. The number of hydrogen-bond acceptors (Lipinski definition) is 3. The summed E-state index contributed by atoms with van der Waals surface area (Å²) in [4.78, 5) is 27.9. The number of aromatic nitrogens is 1. The summed E-state index contributed by atoms with van der Waals surface area (Å²) >= 11 is 0. The molecule has 1 saturated heterocycles. The first kappa shape index (κ1) is 8.87. The van der Waals surface area contributed by atoms with E-state index in [-0.39, 0.29) is 11.8 Å². The Bertz CT molecular complexity index is 385. The van der Waals surface area contributed by atoms with Crippen LogP contribution in [-0.2, 0) is 9.59 Å². The summed E-state index contributed by atoms with van der Waals surface area (Å²) in [5, 5.41) is 0. The Kier molecular flexibility index (Phi) is 2.04. The normalized spacial score (nSPS) is 16.5. The second kappa shape index (κ2) is 3.21. The minimum atomic E-state index is -0.159. The van der Waals surface area contributed by atoms with Gasteiger partial charge in [0.1, 0.15) is 5.82 Å². The predicted molar refractivity (Wildman–Crippen MR) is 50.7 cm³/mol. The SMILES string of the molecule is Cc1ccnc(N2C(=O)CCC2=O)c1. The zero-order valence-electron chi connectivity index (χ0n) is 7.86. The van der Waals surface area contributed by atoms with Crippen molar-refractivity contribution < 1.29 is 9.59 Å². The molecule has 4 heteroatoms. The lowest BCUT2D eigenvalue weighted by Crippen LogP contribution is -2.29. The van der Waals surface area contributed by atoms with Crippen molar-refractivity contribution in [3.63, 3.8) is 0 Å². The average Bonchev–Trinajstić information content (AvgIpc) is 2.46. The van der Waals surface area contributed by atoms with Crippen LogP contribution < -0.4 is 4.90 Å². The van der Waals surface area contributed by atoms with E-state index in [2.05, 4.69) is 4.98 Å². The minimum Gasteiger partial charge on any atom is -0.274 e. The monoisotopic (exact) mass is 190 g/mol. The Labute approximate surface area is 81.6 Å². The Balaban J connectivity index is 2.39. The van der Waals surface area contributed by atoms with Gasteiger partial charge in [0.2, 0.25) is 11.8 Å². The van der Waals surface area contributed by atoms with Gasteiger partial charge in [-0.1, -0.05) is 0 Å². The van der Waals surface area contributed by atoms with Crippen molar-refractivity contribution in [2.45, 2.75) is 19.8 Å². The van der Waals surface area contributed by atoms with Gasteiger partial charge in [0.15, 0.2) is 0 Å². The van der Waals surface area contributed by atoms with E-state index in [0.29, 0.717) is 18.7 Å². The van der Waals surface area contributed by atoms with Gasteiger partial charge in [-0.15, -0.1) is 0 Å². The van der Waals surface area contributed by atoms with Crippen LogP contribution in [-0.4, -0.2) is 16.8 Å². The number of rotatable bonds is 1. The fraction of sp³-hybridized carbons (Fsp3) is 0.300. The highest BCUT2D eigenvalue weighted by Crippen LogP contribution is 2.20. The van der Waals surface area contributed by atoms with Crippen LogP contribution in [0, 0.1) is 6.92 Å². The van der Waals surface area contributed by atoms with Gasteiger partial charge in [0, 0.05) is 19.0 Å². The summed E-state index contributed by atoms with van der Waals surface area (Å²) in [5.74, 6) is 0.124. The van der Waals surface area contributed by atoms with Gasteiger partial charge in [-0.25, -0.2) is 9.88 Å². The van der Waals surface area contributed by atoms with E-state index in [4.69, 9.17) is 0 Å². The molecular formula is C10H10N2O2. The van der Waals surface area contributed by atoms with E-state index in [9.17, 15) is 9.59 Å². The maximum Gasteiger partial charge on any atom is 0.235 e. The van der Waals surface area contributed by atoms with Crippen LogP contribution in [0.15, 0.2) is 18.3 Å². The molecule has 1 fully saturated rings. The molecule has 0 radical (unpaired) electrons. The second-order valence-corrected chi connectivity index (χ2v) is 3.31. The maximum absolute atomic E-state index is 11.4. The Morgan fingerprint density at radius 3 is 2.50 bits per heavy atom. The van der Waals surface area contributed by atoms with Gasteiger partial charge in [-0.05, 0) is 24.6 Å². The zero-order valence-corrected chi connectivity index (χ0v) is 7.86. The molecule has 1 aliphatic heterocycles. The number of hydrogen-bond donors (Lipinski definition) is 0. The predicted octanol–water partition coefficient (Wildman–Crippen LogP) is 1.04. The van der Waals surface area contributed by atoms with Gasteiger partial charge >= 0.3 is 0 Å². The Morgan fingerprint density at radius 2 is 1.93 bits per heavy atom. The fourth-order valence-electron chi connectivity index (χ4n) is 1.47. The molecule has 0 saturated carbocycles. The zero-order chi connectivity index (χ0) is 10.1. The maximum atomic E-state index is 11.4. The van der Waals surface area contributed by atoms with Crippen molar-refractivity contribution in [1.82, 2.24) is 4.98 Å². The second-order valence-electron chi connectivity index (χ2n) is 3.31. The third kappa shape index (κ3) is 1.39. The van der Waals surface area contributed by atoms with Crippen LogP contribution in [0.1, 0.15) is 18.4 Å². The van der Waals surface area contributed by atoms with Gasteiger partial charge < -0.3 is 0 Å². The molecule has 0 unspecified atom stereocenters. The molecule has 4 nitrogen and oxygen atoms in total. The van der Waals surface area contributed by atoms with Crippen molar-refractivity contribution in [3.05, 3.63) is 23.9 Å². The lowest BCUT2D eigenvalue weighted by molar-refractivity contribution is -0.121. The summed E-state index contributed by atoms with van der Waals surface area (Å²) in [6, 6.07) is 3.57. The molecule has 0 bridgehead atoms. The quantitative estimate of drug-likeness (QED) is 0.622. The van der Waals surface area contributed by atoms with Gasteiger partial charge in [-0.2, -0.15) is 0 Å². The van der Waals surface area contributed by atoms with Crippen LogP contribution in [0.3, 0.4) is 0 Å². The Hall–Kier alpha value is -1.71. The van der Waals surface area contributed by atoms with E-state index in [1.54, 1.807) is 12.3 Å². The van der Waals surface area contributed by atoms with Crippen molar-refractivity contribution in [1.29, 1.82) is 0 Å². The number of pyridine rings is 1. The van der Waals surface area contributed by atoms with Crippen LogP contribution in [0.4, 0.5) is 5.82 Å². The van der Waals surface area contributed by atoms with Crippen molar-refractivity contribution in [3.8, 4) is 0 Å². The smallest absolute Gasteiger partial charge is 0.235 e. The largest absolute Gasteiger partial charge is 0.274 e. The highest BCUT2D eigenvalue weighted by Gasteiger charge is 2.30. The molecule has 1 aromatic heterocycles. The van der Waals surface area contributed by atoms with Crippen LogP contribution in [0.25, 0.3) is 0 Å². The number of imide groups is 1. The third-order valence-corrected chi connectivity index (χ3v) is 2.18. The molecule has 2 heterocycles. The molecule has 0 atom stereocenters. The highest BCUT2D eigenvalue weighted by atomic mass is 16.2. The summed E-state index contributed by atoms with van der Waals surface area (Å²) in [6.45, 7) is 1.90. The molecule has 2 rings (SSSR count).